The Bertz CT molecular complexity index is 414. The van der Waals surface area contributed by atoms with Crippen molar-refractivity contribution in [3.63, 3.8) is 0 Å². The highest BCUT2D eigenvalue weighted by molar-refractivity contribution is 5.47. The molecule has 0 aliphatic heterocycles. The third kappa shape index (κ3) is 4.09. The van der Waals surface area contributed by atoms with Gasteiger partial charge in [0.25, 0.3) is 0 Å². The zero-order valence-electron chi connectivity index (χ0n) is 13.0. The Morgan fingerprint density at radius 1 is 1.25 bits per heavy atom. The second kappa shape index (κ2) is 7.46. The number of anilines is 1. The van der Waals surface area contributed by atoms with Crippen LogP contribution in [-0.2, 0) is 0 Å². The normalized spacial score (nSPS) is 22.6. The topological polar surface area (TPSA) is 47.0 Å². The number of aromatic nitrogens is 2. The molecule has 4 heteroatoms. The lowest BCUT2D eigenvalue weighted by Crippen LogP contribution is -2.16. The quantitative estimate of drug-likeness (QED) is 0.859. The first-order valence-corrected chi connectivity index (χ1v) is 7.89. The van der Waals surface area contributed by atoms with Crippen molar-refractivity contribution in [3.05, 3.63) is 11.9 Å². The standard InChI is InChI=1S/C16H27N3O/c1-4-20-16-13(3)15(18-11-19-16)17-10-9-14-7-5-12(2)6-8-14/h11-12,14H,4-10H2,1-3H3,(H,17,18,19). The minimum Gasteiger partial charge on any atom is -0.478 e. The summed E-state index contributed by atoms with van der Waals surface area (Å²) in [6.07, 6.45) is 8.37. The van der Waals surface area contributed by atoms with Crippen LogP contribution in [0.4, 0.5) is 5.82 Å². The van der Waals surface area contributed by atoms with Crippen molar-refractivity contribution < 1.29 is 4.74 Å². The van der Waals surface area contributed by atoms with Crippen LogP contribution < -0.4 is 10.1 Å². The molecule has 4 nitrogen and oxygen atoms in total. The summed E-state index contributed by atoms with van der Waals surface area (Å²) in [5.41, 5.74) is 1.01. The first-order valence-electron chi connectivity index (χ1n) is 7.89. The molecule has 1 saturated carbocycles. The molecular formula is C16H27N3O. The predicted octanol–water partition coefficient (Wildman–Crippen LogP) is 3.81. The molecule has 0 atom stereocenters. The van der Waals surface area contributed by atoms with E-state index >= 15 is 0 Å². The highest BCUT2D eigenvalue weighted by atomic mass is 16.5. The Hall–Kier alpha value is -1.32. The maximum absolute atomic E-state index is 5.49. The maximum Gasteiger partial charge on any atom is 0.221 e. The summed E-state index contributed by atoms with van der Waals surface area (Å²) in [4.78, 5) is 8.48. The molecule has 0 unspecified atom stereocenters. The Balaban J connectivity index is 1.80. The third-order valence-corrected chi connectivity index (χ3v) is 4.30. The molecule has 1 N–H and O–H groups in total. The number of nitrogens with zero attached hydrogens (tertiary/aromatic N) is 2. The van der Waals surface area contributed by atoms with Crippen LogP contribution in [0.25, 0.3) is 0 Å². The largest absolute Gasteiger partial charge is 0.478 e. The SMILES string of the molecule is CCOc1ncnc(NCCC2CCC(C)CC2)c1C. The summed E-state index contributed by atoms with van der Waals surface area (Å²) in [6.45, 7) is 7.97. The van der Waals surface area contributed by atoms with Crippen LogP contribution in [-0.4, -0.2) is 23.1 Å². The van der Waals surface area contributed by atoms with Crippen LogP contribution in [0.5, 0.6) is 5.88 Å². The fraction of sp³-hybridized carbons (Fsp3) is 0.750. The molecule has 0 spiro atoms. The molecule has 0 bridgehead atoms. The van der Waals surface area contributed by atoms with Gasteiger partial charge in [-0.05, 0) is 32.1 Å². The molecule has 0 saturated heterocycles. The first-order chi connectivity index (χ1) is 9.70. The molecular weight excluding hydrogens is 250 g/mol. The lowest BCUT2D eigenvalue weighted by Gasteiger charge is -2.26. The fourth-order valence-corrected chi connectivity index (χ4v) is 2.91. The maximum atomic E-state index is 5.49. The van der Waals surface area contributed by atoms with E-state index in [0.29, 0.717) is 12.5 Å². The van der Waals surface area contributed by atoms with Gasteiger partial charge in [0.1, 0.15) is 12.1 Å². The van der Waals surface area contributed by atoms with E-state index in [9.17, 15) is 0 Å². The molecule has 20 heavy (non-hydrogen) atoms. The minimum absolute atomic E-state index is 0.636. The molecule has 1 aromatic rings. The van der Waals surface area contributed by atoms with Crippen LogP contribution in [0.15, 0.2) is 6.33 Å². The van der Waals surface area contributed by atoms with E-state index in [1.807, 2.05) is 13.8 Å². The van der Waals surface area contributed by atoms with Crippen LogP contribution in [0.1, 0.15) is 51.5 Å². The number of ether oxygens (including phenoxy) is 1. The van der Waals surface area contributed by atoms with Gasteiger partial charge in [-0.25, -0.2) is 9.97 Å². The number of hydrogen-bond donors (Lipinski definition) is 1. The van der Waals surface area contributed by atoms with Gasteiger partial charge >= 0.3 is 0 Å². The van der Waals surface area contributed by atoms with Crippen molar-refractivity contribution in [3.8, 4) is 5.88 Å². The molecule has 0 aromatic carbocycles. The van der Waals surface area contributed by atoms with Gasteiger partial charge in [0.15, 0.2) is 0 Å². The summed E-state index contributed by atoms with van der Waals surface area (Å²) in [7, 11) is 0. The van der Waals surface area contributed by atoms with E-state index in [0.717, 1.165) is 29.8 Å². The molecule has 1 heterocycles. The van der Waals surface area contributed by atoms with Gasteiger partial charge in [-0.15, -0.1) is 0 Å². The lowest BCUT2D eigenvalue weighted by molar-refractivity contribution is 0.282. The van der Waals surface area contributed by atoms with Gasteiger partial charge in [0, 0.05) is 6.54 Å². The zero-order chi connectivity index (χ0) is 14.4. The van der Waals surface area contributed by atoms with Crippen LogP contribution in [0.2, 0.25) is 0 Å². The van der Waals surface area contributed by atoms with E-state index in [1.165, 1.54) is 32.1 Å². The van der Waals surface area contributed by atoms with Crippen molar-refractivity contribution in [2.24, 2.45) is 11.8 Å². The first kappa shape index (κ1) is 15.1. The minimum atomic E-state index is 0.636. The van der Waals surface area contributed by atoms with Gasteiger partial charge < -0.3 is 10.1 Å². The molecule has 2 rings (SSSR count). The van der Waals surface area contributed by atoms with E-state index < -0.39 is 0 Å². The van der Waals surface area contributed by atoms with E-state index in [1.54, 1.807) is 6.33 Å². The van der Waals surface area contributed by atoms with Gasteiger partial charge in [-0.1, -0.05) is 32.6 Å². The average Bonchev–Trinajstić information content (AvgIpc) is 2.45. The van der Waals surface area contributed by atoms with Crippen molar-refractivity contribution >= 4 is 5.82 Å². The average molecular weight is 277 g/mol. The highest BCUT2D eigenvalue weighted by Crippen LogP contribution is 2.30. The van der Waals surface area contributed by atoms with Gasteiger partial charge in [-0.2, -0.15) is 0 Å². The summed E-state index contributed by atoms with van der Waals surface area (Å²) in [5, 5.41) is 3.44. The van der Waals surface area contributed by atoms with Crippen LogP contribution in [0.3, 0.4) is 0 Å². The zero-order valence-corrected chi connectivity index (χ0v) is 13.0. The summed E-state index contributed by atoms with van der Waals surface area (Å²) in [6, 6.07) is 0. The molecule has 1 aliphatic carbocycles. The smallest absolute Gasteiger partial charge is 0.221 e. The van der Waals surface area contributed by atoms with Crippen molar-refractivity contribution in [2.45, 2.75) is 52.9 Å². The summed E-state index contributed by atoms with van der Waals surface area (Å²) in [5.74, 6) is 3.41. The molecule has 0 amide bonds. The number of nitrogens with one attached hydrogen (secondary N) is 1. The Morgan fingerprint density at radius 3 is 2.70 bits per heavy atom. The van der Waals surface area contributed by atoms with Crippen LogP contribution in [0, 0.1) is 18.8 Å². The Morgan fingerprint density at radius 2 is 2.00 bits per heavy atom. The molecule has 1 fully saturated rings. The predicted molar refractivity (Wildman–Crippen MR) is 82.2 cm³/mol. The number of rotatable bonds is 6. The fourth-order valence-electron chi connectivity index (χ4n) is 2.91. The number of hydrogen-bond acceptors (Lipinski definition) is 4. The molecule has 0 radical (unpaired) electrons. The van der Waals surface area contributed by atoms with Crippen molar-refractivity contribution in [2.75, 3.05) is 18.5 Å². The van der Waals surface area contributed by atoms with Crippen LogP contribution >= 0.6 is 0 Å². The third-order valence-electron chi connectivity index (χ3n) is 4.30. The molecule has 1 aromatic heterocycles. The Kier molecular flexibility index (Phi) is 5.62. The van der Waals surface area contributed by atoms with Gasteiger partial charge in [0.2, 0.25) is 5.88 Å². The molecule has 112 valence electrons. The van der Waals surface area contributed by atoms with Crippen molar-refractivity contribution in [1.82, 2.24) is 9.97 Å². The van der Waals surface area contributed by atoms with Gasteiger partial charge in [-0.3, -0.25) is 0 Å². The highest BCUT2D eigenvalue weighted by Gasteiger charge is 2.17. The summed E-state index contributed by atoms with van der Waals surface area (Å²) >= 11 is 0. The molecule has 1 aliphatic rings. The van der Waals surface area contributed by atoms with Crippen molar-refractivity contribution in [1.29, 1.82) is 0 Å². The summed E-state index contributed by atoms with van der Waals surface area (Å²) < 4.78 is 5.49. The second-order valence-electron chi connectivity index (χ2n) is 5.93. The van der Waals surface area contributed by atoms with E-state index in [-0.39, 0.29) is 0 Å². The van der Waals surface area contributed by atoms with E-state index in [4.69, 9.17) is 4.74 Å². The lowest BCUT2D eigenvalue weighted by atomic mass is 9.81. The van der Waals surface area contributed by atoms with E-state index in [2.05, 4.69) is 22.2 Å². The van der Waals surface area contributed by atoms with Gasteiger partial charge in [0.05, 0.1) is 12.2 Å². The second-order valence-corrected chi connectivity index (χ2v) is 5.93. The monoisotopic (exact) mass is 277 g/mol. The Labute approximate surface area is 122 Å².